The summed E-state index contributed by atoms with van der Waals surface area (Å²) in [7, 11) is 0. The van der Waals surface area contributed by atoms with Crippen LogP contribution in [-0.2, 0) is 14.4 Å². The van der Waals surface area contributed by atoms with E-state index >= 15 is 0 Å². The molecule has 9 nitrogen and oxygen atoms in total. The van der Waals surface area contributed by atoms with Gasteiger partial charge >= 0.3 is 12.0 Å². The van der Waals surface area contributed by atoms with Crippen LogP contribution in [0.15, 0.2) is 0 Å². The lowest BCUT2D eigenvalue weighted by Crippen LogP contribution is -2.50. The van der Waals surface area contributed by atoms with Crippen molar-refractivity contribution in [1.29, 1.82) is 0 Å². The number of hydrogen-bond acceptors (Lipinski definition) is 4. The van der Waals surface area contributed by atoms with Gasteiger partial charge in [-0.25, -0.2) is 4.79 Å². The lowest BCUT2D eigenvalue weighted by Gasteiger charge is -2.29. The van der Waals surface area contributed by atoms with Gasteiger partial charge in [-0.3, -0.25) is 14.4 Å². The Bertz CT molecular complexity index is 511. The minimum absolute atomic E-state index is 0.186. The molecule has 1 aliphatic rings. The van der Waals surface area contributed by atoms with Crippen LogP contribution in [0.5, 0.6) is 0 Å². The van der Waals surface area contributed by atoms with Crippen molar-refractivity contribution >= 4 is 23.8 Å². The van der Waals surface area contributed by atoms with Crippen molar-refractivity contribution in [2.75, 3.05) is 19.6 Å². The van der Waals surface area contributed by atoms with E-state index in [2.05, 4.69) is 5.32 Å². The molecule has 1 heterocycles. The molecule has 1 unspecified atom stereocenters. The van der Waals surface area contributed by atoms with Gasteiger partial charge in [0.2, 0.25) is 11.8 Å². The molecule has 0 aromatic heterocycles. The number of nitrogens with zero attached hydrogens (tertiary/aromatic N) is 2. The third-order valence-electron chi connectivity index (χ3n) is 4.35. The normalized spacial score (nSPS) is 18.8. The van der Waals surface area contributed by atoms with Gasteiger partial charge in [0.15, 0.2) is 0 Å². The molecule has 0 bridgehead atoms. The van der Waals surface area contributed by atoms with E-state index in [-0.39, 0.29) is 24.4 Å². The molecule has 0 spiro atoms. The lowest BCUT2D eigenvalue weighted by molar-refractivity contribution is -0.145. The maximum Gasteiger partial charge on any atom is 0.323 e. The van der Waals surface area contributed by atoms with Crippen LogP contribution in [0.25, 0.3) is 0 Å². The summed E-state index contributed by atoms with van der Waals surface area (Å²) in [4.78, 5) is 49.5. The summed E-state index contributed by atoms with van der Waals surface area (Å²) in [5, 5.41) is 11.5. The van der Waals surface area contributed by atoms with Crippen LogP contribution in [0.4, 0.5) is 4.79 Å². The zero-order valence-corrected chi connectivity index (χ0v) is 14.9. The molecule has 4 amide bonds. The summed E-state index contributed by atoms with van der Waals surface area (Å²) in [5.41, 5.74) is 5.14. The number of aliphatic carboxylic acids is 1. The molecule has 0 aromatic rings. The standard InChI is InChI=1S/C16H28N4O5/c1-3-5-13(18-16(17)25)15(24)19-8-4-6-12(7-9-19)20(11(2)21)10-14(22)23/h12-13H,3-10H2,1-2H3,(H,22,23)(H3,17,18,25)/t12?,13-/m1/s1. The smallest absolute Gasteiger partial charge is 0.323 e. The Morgan fingerprint density at radius 1 is 1.28 bits per heavy atom. The van der Waals surface area contributed by atoms with E-state index in [1.165, 1.54) is 11.8 Å². The zero-order chi connectivity index (χ0) is 19.0. The second-order valence-corrected chi connectivity index (χ2v) is 6.30. The highest BCUT2D eigenvalue weighted by Gasteiger charge is 2.30. The summed E-state index contributed by atoms with van der Waals surface area (Å²) >= 11 is 0. The highest BCUT2D eigenvalue weighted by Crippen LogP contribution is 2.18. The first-order valence-corrected chi connectivity index (χ1v) is 8.60. The number of hydrogen-bond donors (Lipinski definition) is 3. The average Bonchev–Trinajstić information content (AvgIpc) is 2.76. The van der Waals surface area contributed by atoms with Crippen LogP contribution in [-0.4, -0.2) is 70.4 Å². The first kappa shape index (κ1) is 20.7. The molecular formula is C16H28N4O5. The predicted octanol–water partition coefficient (Wildman–Crippen LogP) is 0.138. The molecule has 9 heteroatoms. The summed E-state index contributed by atoms with van der Waals surface area (Å²) in [6.45, 7) is 3.85. The van der Waals surface area contributed by atoms with Crippen LogP contribution in [0.2, 0.25) is 0 Å². The van der Waals surface area contributed by atoms with Crippen molar-refractivity contribution in [3.8, 4) is 0 Å². The van der Waals surface area contributed by atoms with Gasteiger partial charge in [-0.05, 0) is 25.7 Å². The number of carboxylic acid groups (broad SMARTS) is 1. The summed E-state index contributed by atoms with van der Waals surface area (Å²) in [6.07, 6.45) is 3.03. The largest absolute Gasteiger partial charge is 0.480 e. The van der Waals surface area contributed by atoms with Gasteiger partial charge in [0.25, 0.3) is 0 Å². The first-order chi connectivity index (χ1) is 11.8. The van der Waals surface area contributed by atoms with E-state index < -0.39 is 18.0 Å². The number of carboxylic acids is 1. The SMILES string of the molecule is CCC[C@@H](NC(N)=O)C(=O)N1CCCC(N(CC(=O)O)C(C)=O)CC1. The van der Waals surface area contributed by atoms with E-state index in [0.717, 1.165) is 6.42 Å². The second kappa shape index (κ2) is 9.85. The molecule has 0 aromatic carbocycles. The molecule has 142 valence electrons. The van der Waals surface area contributed by atoms with Gasteiger partial charge in [-0.2, -0.15) is 0 Å². The molecular weight excluding hydrogens is 328 g/mol. The van der Waals surface area contributed by atoms with Crippen molar-refractivity contribution in [3.63, 3.8) is 0 Å². The topological polar surface area (TPSA) is 133 Å². The number of rotatable bonds is 7. The molecule has 4 N–H and O–H groups in total. The van der Waals surface area contributed by atoms with E-state index in [1.807, 2.05) is 6.92 Å². The number of likely N-dealkylation sites (tertiary alicyclic amines) is 1. The van der Waals surface area contributed by atoms with Crippen molar-refractivity contribution in [3.05, 3.63) is 0 Å². The minimum atomic E-state index is -1.05. The Hall–Kier alpha value is -2.32. The van der Waals surface area contributed by atoms with E-state index in [1.54, 1.807) is 4.90 Å². The van der Waals surface area contributed by atoms with Gasteiger partial charge < -0.3 is 26.0 Å². The molecule has 0 radical (unpaired) electrons. The molecule has 1 saturated heterocycles. The fourth-order valence-electron chi connectivity index (χ4n) is 3.19. The second-order valence-electron chi connectivity index (χ2n) is 6.30. The zero-order valence-electron chi connectivity index (χ0n) is 14.9. The number of primary amides is 1. The Balaban J connectivity index is 2.75. The summed E-state index contributed by atoms with van der Waals surface area (Å²) in [5.74, 6) is -1.53. The van der Waals surface area contributed by atoms with Crippen LogP contribution in [0.3, 0.4) is 0 Å². The maximum atomic E-state index is 12.6. The predicted molar refractivity (Wildman–Crippen MR) is 90.7 cm³/mol. The van der Waals surface area contributed by atoms with Crippen LogP contribution in [0, 0.1) is 0 Å². The molecule has 0 aliphatic carbocycles. The van der Waals surface area contributed by atoms with Crippen molar-refractivity contribution in [1.82, 2.24) is 15.1 Å². The third kappa shape index (κ3) is 6.60. The number of nitrogens with two attached hydrogens (primary N) is 1. The Kier molecular flexibility index (Phi) is 8.17. The van der Waals surface area contributed by atoms with E-state index in [9.17, 15) is 19.2 Å². The molecule has 25 heavy (non-hydrogen) atoms. The number of nitrogens with one attached hydrogen (secondary N) is 1. The summed E-state index contributed by atoms with van der Waals surface area (Å²) in [6, 6.07) is -1.59. The highest BCUT2D eigenvalue weighted by molar-refractivity contribution is 5.86. The fraction of sp³-hybridized carbons (Fsp3) is 0.750. The van der Waals surface area contributed by atoms with Crippen LogP contribution in [0.1, 0.15) is 46.0 Å². The number of carbonyl (C=O) groups excluding carboxylic acids is 3. The molecule has 1 aliphatic heterocycles. The first-order valence-electron chi connectivity index (χ1n) is 8.60. The van der Waals surface area contributed by atoms with Gasteiger partial charge in [0.05, 0.1) is 0 Å². The lowest BCUT2D eigenvalue weighted by atomic mass is 10.1. The molecule has 1 fully saturated rings. The fourth-order valence-corrected chi connectivity index (χ4v) is 3.19. The average molecular weight is 356 g/mol. The third-order valence-corrected chi connectivity index (χ3v) is 4.35. The van der Waals surface area contributed by atoms with Gasteiger partial charge in [-0.15, -0.1) is 0 Å². The molecule has 2 atom stereocenters. The number of amides is 4. The van der Waals surface area contributed by atoms with E-state index in [4.69, 9.17) is 10.8 Å². The number of carbonyl (C=O) groups is 4. The van der Waals surface area contributed by atoms with Crippen LogP contribution < -0.4 is 11.1 Å². The van der Waals surface area contributed by atoms with E-state index in [0.29, 0.717) is 38.8 Å². The summed E-state index contributed by atoms with van der Waals surface area (Å²) < 4.78 is 0. The molecule has 1 rings (SSSR count). The quantitative estimate of drug-likeness (QED) is 0.596. The van der Waals surface area contributed by atoms with Gasteiger partial charge in [0.1, 0.15) is 12.6 Å². The molecule has 0 saturated carbocycles. The Labute approximate surface area is 147 Å². The van der Waals surface area contributed by atoms with Gasteiger partial charge in [0, 0.05) is 26.1 Å². The number of urea groups is 1. The highest BCUT2D eigenvalue weighted by atomic mass is 16.4. The Morgan fingerprint density at radius 2 is 1.96 bits per heavy atom. The minimum Gasteiger partial charge on any atom is -0.480 e. The van der Waals surface area contributed by atoms with Gasteiger partial charge in [-0.1, -0.05) is 13.3 Å². The van der Waals surface area contributed by atoms with Crippen molar-refractivity contribution < 1.29 is 24.3 Å². The van der Waals surface area contributed by atoms with Crippen molar-refractivity contribution in [2.45, 2.75) is 58.0 Å². The maximum absolute atomic E-state index is 12.6. The monoisotopic (exact) mass is 356 g/mol. The van der Waals surface area contributed by atoms with Crippen LogP contribution >= 0.6 is 0 Å². The Morgan fingerprint density at radius 3 is 2.48 bits per heavy atom. The van der Waals surface area contributed by atoms with Crippen molar-refractivity contribution in [2.24, 2.45) is 5.73 Å².